The Morgan fingerprint density at radius 1 is 1.15 bits per heavy atom. The zero-order valence-corrected chi connectivity index (χ0v) is 14.0. The number of nitrogens with one attached hydrogen (secondary N) is 2. The molecule has 2 aromatic carbocycles. The minimum atomic E-state index is -0.395. The Bertz CT molecular complexity index is 979. The maximum absolute atomic E-state index is 13.0. The van der Waals surface area contributed by atoms with Crippen molar-refractivity contribution in [2.45, 2.75) is 13.0 Å². The lowest BCUT2D eigenvalue weighted by Gasteiger charge is -2.22. The van der Waals surface area contributed by atoms with Crippen molar-refractivity contribution in [2.75, 3.05) is 10.6 Å². The standard InChI is InChI=1S/C19H16FN5O/c1-12-11-16(13-5-3-2-4-6-13)25-19(21-12)23-18(24-25)22-17(26)14-7-9-15(20)10-8-14/h2-11,16H,1H3,(H2,21,22,23,24,26). The quantitative estimate of drug-likeness (QED) is 0.758. The predicted molar refractivity (Wildman–Crippen MR) is 96.3 cm³/mol. The number of fused-ring (bicyclic) bond motifs is 1. The molecule has 0 aliphatic carbocycles. The Balaban J connectivity index is 1.62. The number of hydrogen-bond donors (Lipinski definition) is 2. The Kier molecular flexibility index (Phi) is 3.96. The lowest BCUT2D eigenvalue weighted by atomic mass is 10.1. The maximum Gasteiger partial charge on any atom is 0.258 e. The Morgan fingerprint density at radius 2 is 1.88 bits per heavy atom. The van der Waals surface area contributed by atoms with Gasteiger partial charge in [0.05, 0.1) is 0 Å². The number of hydrogen-bond acceptors (Lipinski definition) is 4. The summed E-state index contributed by atoms with van der Waals surface area (Å²) in [6.07, 6.45) is 2.04. The van der Waals surface area contributed by atoms with Gasteiger partial charge >= 0.3 is 0 Å². The first-order valence-electron chi connectivity index (χ1n) is 8.14. The van der Waals surface area contributed by atoms with Crippen molar-refractivity contribution < 1.29 is 9.18 Å². The van der Waals surface area contributed by atoms with Crippen LogP contribution in [0, 0.1) is 5.82 Å². The Morgan fingerprint density at radius 3 is 2.62 bits per heavy atom. The van der Waals surface area contributed by atoms with Crippen LogP contribution in [0.5, 0.6) is 0 Å². The van der Waals surface area contributed by atoms with Crippen molar-refractivity contribution >= 4 is 17.8 Å². The third-order valence-corrected chi connectivity index (χ3v) is 4.08. The molecule has 6 nitrogen and oxygen atoms in total. The SMILES string of the molecule is CC1=CC(c2ccccc2)n2nc(NC(=O)c3ccc(F)cc3)nc2N1. The minimum Gasteiger partial charge on any atom is -0.329 e. The molecule has 0 bridgehead atoms. The second kappa shape index (κ2) is 6.44. The number of amides is 1. The molecular weight excluding hydrogens is 333 g/mol. The van der Waals surface area contributed by atoms with Gasteiger partial charge < -0.3 is 5.32 Å². The number of benzene rings is 2. The molecule has 0 saturated carbocycles. The molecule has 130 valence electrons. The molecule has 4 rings (SSSR count). The first kappa shape index (κ1) is 16.0. The molecule has 0 fully saturated rings. The molecule has 1 aliphatic heterocycles. The summed E-state index contributed by atoms with van der Waals surface area (Å²) in [5, 5.41) is 10.2. The second-order valence-corrected chi connectivity index (χ2v) is 5.99. The van der Waals surface area contributed by atoms with E-state index < -0.39 is 11.7 Å². The van der Waals surface area contributed by atoms with E-state index >= 15 is 0 Å². The van der Waals surface area contributed by atoms with Crippen LogP contribution in [0.4, 0.5) is 16.3 Å². The van der Waals surface area contributed by atoms with Crippen molar-refractivity contribution in [1.29, 1.82) is 0 Å². The first-order chi connectivity index (χ1) is 12.6. The highest BCUT2D eigenvalue weighted by Gasteiger charge is 2.23. The zero-order valence-electron chi connectivity index (χ0n) is 14.0. The zero-order chi connectivity index (χ0) is 18.1. The van der Waals surface area contributed by atoms with E-state index in [-0.39, 0.29) is 12.0 Å². The van der Waals surface area contributed by atoms with Crippen LogP contribution in [-0.4, -0.2) is 20.7 Å². The Hall–Kier alpha value is -3.48. The van der Waals surface area contributed by atoms with Gasteiger partial charge in [-0.1, -0.05) is 30.3 Å². The van der Waals surface area contributed by atoms with Crippen LogP contribution in [0.2, 0.25) is 0 Å². The van der Waals surface area contributed by atoms with E-state index in [4.69, 9.17) is 0 Å². The van der Waals surface area contributed by atoms with Crippen LogP contribution in [0.25, 0.3) is 0 Å². The summed E-state index contributed by atoms with van der Waals surface area (Å²) in [6.45, 7) is 1.95. The van der Waals surface area contributed by atoms with Gasteiger partial charge in [0.1, 0.15) is 11.9 Å². The van der Waals surface area contributed by atoms with E-state index in [0.29, 0.717) is 11.5 Å². The van der Waals surface area contributed by atoms with Gasteiger partial charge in [-0.3, -0.25) is 10.1 Å². The number of rotatable bonds is 3. The lowest BCUT2D eigenvalue weighted by Crippen LogP contribution is -2.19. The van der Waals surface area contributed by atoms with Crippen LogP contribution in [0.1, 0.15) is 28.9 Å². The number of allylic oxidation sites excluding steroid dienone is 2. The van der Waals surface area contributed by atoms with Gasteiger partial charge in [-0.2, -0.15) is 4.98 Å². The molecule has 7 heteroatoms. The van der Waals surface area contributed by atoms with E-state index in [1.54, 1.807) is 4.68 Å². The summed E-state index contributed by atoms with van der Waals surface area (Å²) in [5.41, 5.74) is 2.35. The second-order valence-electron chi connectivity index (χ2n) is 5.99. The number of carbonyl (C=O) groups excluding carboxylic acids is 1. The fourth-order valence-electron chi connectivity index (χ4n) is 2.84. The smallest absolute Gasteiger partial charge is 0.258 e. The van der Waals surface area contributed by atoms with Crippen LogP contribution in [0.3, 0.4) is 0 Å². The van der Waals surface area contributed by atoms with Crippen molar-refractivity contribution in [2.24, 2.45) is 0 Å². The molecule has 0 saturated heterocycles. The summed E-state index contributed by atoms with van der Waals surface area (Å²) >= 11 is 0. The van der Waals surface area contributed by atoms with Crippen molar-refractivity contribution in [3.05, 3.63) is 83.3 Å². The van der Waals surface area contributed by atoms with Crippen LogP contribution < -0.4 is 10.6 Å². The molecule has 3 aromatic rings. The average molecular weight is 349 g/mol. The molecule has 1 amide bonds. The molecule has 0 radical (unpaired) electrons. The average Bonchev–Trinajstić information content (AvgIpc) is 3.04. The molecule has 1 aromatic heterocycles. The monoisotopic (exact) mass is 349 g/mol. The Labute approximate surface area is 149 Å². The number of anilines is 2. The largest absolute Gasteiger partial charge is 0.329 e. The van der Waals surface area contributed by atoms with E-state index in [1.807, 2.05) is 43.3 Å². The highest BCUT2D eigenvalue weighted by Crippen LogP contribution is 2.29. The maximum atomic E-state index is 13.0. The van der Waals surface area contributed by atoms with Gasteiger partial charge in [0.2, 0.25) is 5.95 Å². The highest BCUT2D eigenvalue weighted by molar-refractivity contribution is 6.03. The third kappa shape index (κ3) is 3.06. The van der Waals surface area contributed by atoms with E-state index in [1.165, 1.54) is 24.3 Å². The predicted octanol–water partition coefficient (Wildman–Crippen LogP) is 3.59. The molecular formula is C19H16FN5O. The van der Waals surface area contributed by atoms with Crippen molar-refractivity contribution in [3.8, 4) is 0 Å². The topological polar surface area (TPSA) is 71.8 Å². The summed E-state index contributed by atoms with van der Waals surface area (Å²) in [7, 11) is 0. The van der Waals surface area contributed by atoms with Crippen molar-refractivity contribution in [3.63, 3.8) is 0 Å². The van der Waals surface area contributed by atoms with Gasteiger partial charge in [0.25, 0.3) is 11.9 Å². The van der Waals surface area contributed by atoms with Gasteiger partial charge in [-0.15, -0.1) is 5.10 Å². The molecule has 1 atom stereocenters. The van der Waals surface area contributed by atoms with Crippen LogP contribution in [-0.2, 0) is 0 Å². The number of nitrogens with zero attached hydrogens (tertiary/aromatic N) is 3. The van der Waals surface area contributed by atoms with Gasteiger partial charge in [-0.25, -0.2) is 9.07 Å². The minimum absolute atomic E-state index is 0.114. The third-order valence-electron chi connectivity index (χ3n) is 4.08. The fraction of sp³-hybridized carbons (Fsp3) is 0.105. The summed E-state index contributed by atoms with van der Waals surface area (Å²) < 4.78 is 14.7. The normalized spacial score (nSPS) is 15.6. The number of aromatic nitrogens is 3. The highest BCUT2D eigenvalue weighted by atomic mass is 19.1. The summed E-state index contributed by atoms with van der Waals surface area (Å²) in [6, 6.07) is 15.1. The number of carbonyl (C=O) groups is 1. The molecule has 1 unspecified atom stereocenters. The summed E-state index contributed by atoms with van der Waals surface area (Å²) in [4.78, 5) is 16.7. The van der Waals surface area contributed by atoms with E-state index in [0.717, 1.165) is 11.3 Å². The molecule has 0 spiro atoms. The van der Waals surface area contributed by atoms with Crippen LogP contribution >= 0.6 is 0 Å². The van der Waals surface area contributed by atoms with Gasteiger partial charge in [0.15, 0.2) is 0 Å². The van der Waals surface area contributed by atoms with E-state index in [9.17, 15) is 9.18 Å². The van der Waals surface area contributed by atoms with E-state index in [2.05, 4.69) is 20.7 Å². The first-order valence-corrected chi connectivity index (χ1v) is 8.14. The molecule has 1 aliphatic rings. The molecule has 26 heavy (non-hydrogen) atoms. The van der Waals surface area contributed by atoms with Gasteiger partial charge in [0, 0.05) is 11.3 Å². The number of halogens is 1. The van der Waals surface area contributed by atoms with Crippen LogP contribution in [0.15, 0.2) is 66.4 Å². The fourth-order valence-corrected chi connectivity index (χ4v) is 2.84. The molecule has 2 heterocycles. The lowest BCUT2D eigenvalue weighted by molar-refractivity contribution is 0.102. The molecule has 2 N–H and O–H groups in total. The van der Waals surface area contributed by atoms with Gasteiger partial charge in [-0.05, 0) is 42.8 Å². The van der Waals surface area contributed by atoms with Crippen molar-refractivity contribution in [1.82, 2.24) is 14.8 Å². The summed E-state index contributed by atoms with van der Waals surface area (Å²) in [5.74, 6) is -0.0541.